The van der Waals surface area contributed by atoms with Crippen LogP contribution in [-0.4, -0.2) is 16.1 Å². The van der Waals surface area contributed by atoms with Crippen LogP contribution in [0.3, 0.4) is 0 Å². The number of nitrogens with one attached hydrogen (secondary N) is 2. The van der Waals surface area contributed by atoms with E-state index in [0.717, 1.165) is 0 Å². The molecule has 15 heavy (non-hydrogen) atoms. The first kappa shape index (κ1) is 13.4. The summed E-state index contributed by atoms with van der Waals surface area (Å²) in [7, 11) is 0. The van der Waals surface area contributed by atoms with E-state index in [1.165, 1.54) is 0 Å². The van der Waals surface area contributed by atoms with Crippen molar-refractivity contribution in [2.24, 2.45) is 5.92 Å². The summed E-state index contributed by atoms with van der Waals surface area (Å²) in [6, 6.07) is 0. The van der Waals surface area contributed by atoms with Gasteiger partial charge in [0, 0.05) is 5.92 Å². The molecule has 1 heterocycles. The minimum atomic E-state index is -0.617. The molecule has 0 saturated carbocycles. The lowest BCUT2D eigenvalue weighted by Crippen LogP contribution is -2.27. The molecule has 0 bridgehead atoms. The van der Waals surface area contributed by atoms with Crippen LogP contribution in [0, 0.1) is 5.92 Å². The third-order valence-corrected chi connectivity index (χ3v) is 1.42. The third kappa shape index (κ3) is 4.99. The summed E-state index contributed by atoms with van der Waals surface area (Å²) in [5, 5.41) is 8.18. The van der Waals surface area contributed by atoms with Gasteiger partial charge in [0.05, 0.1) is 6.54 Å². The van der Waals surface area contributed by atoms with E-state index in [1.807, 2.05) is 13.8 Å². The molecule has 1 aromatic heterocycles. The molecule has 0 radical (unpaired) electrons. The van der Waals surface area contributed by atoms with Crippen LogP contribution in [0.5, 0.6) is 0 Å². The van der Waals surface area contributed by atoms with Crippen molar-refractivity contribution in [2.45, 2.75) is 34.2 Å². The lowest BCUT2D eigenvalue weighted by molar-refractivity contribution is -0.124. The maximum atomic E-state index is 11.1. The van der Waals surface area contributed by atoms with Gasteiger partial charge in [0.2, 0.25) is 11.8 Å². The molecule has 0 atom stereocenters. The van der Waals surface area contributed by atoms with Crippen LogP contribution in [0.25, 0.3) is 0 Å². The standard InChI is InChI=1S/C7H11N3O3.C2H6/c1-4(2)6(11)8-3-5-9-10-7(12)13-5;1-2/h4H,3H2,1-2H3,(H,8,11)(H,10,12);1-2H3. The quantitative estimate of drug-likeness (QED) is 0.775. The predicted octanol–water partition coefficient (Wildman–Crippen LogP) is 0.661. The normalized spacial score (nSPS) is 9.40. The number of carbonyl (C=O) groups is 1. The minimum Gasteiger partial charge on any atom is -0.391 e. The highest BCUT2D eigenvalue weighted by Crippen LogP contribution is 1.92. The van der Waals surface area contributed by atoms with E-state index in [9.17, 15) is 9.59 Å². The molecular formula is C9H17N3O3. The van der Waals surface area contributed by atoms with Crippen LogP contribution >= 0.6 is 0 Å². The Labute approximate surface area is 88.1 Å². The second-order valence-corrected chi connectivity index (χ2v) is 2.88. The molecular weight excluding hydrogens is 198 g/mol. The number of amides is 1. The molecule has 1 amide bonds. The second-order valence-electron chi connectivity index (χ2n) is 2.88. The van der Waals surface area contributed by atoms with Crippen molar-refractivity contribution in [3.63, 3.8) is 0 Å². The van der Waals surface area contributed by atoms with Crippen LogP contribution in [-0.2, 0) is 11.3 Å². The highest BCUT2D eigenvalue weighted by atomic mass is 16.4. The van der Waals surface area contributed by atoms with E-state index < -0.39 is 5.76 Å². The monoisotopic (exact) mass is 215 g/mol. The van der Waals surface area contributed by atoms with Gasteiger partial charge in [-0.1, -0.05) is 27.7 Å². The molecule has 0 fully saturated rings. The van der Waals surface area contributed by atoms with E-state index >= 15 is 0 Å². The fourth-order valence-corrected chi connectivity index (χ4v) is 0.703. The lowest BCUT2D eigenvalue weighted by Gasteiger charge is -2.03. The number of hydrogen-bond donors (Lipinski definition) is 2. The van der Waals surface area contributed by atoms with Gasteiger partial charge >= 0.3 is 5.76 Å². The molecule has 0 unspecified atom stereocenters. The zero-order chi connectivity index (χ0) is 11.8. The minimum absolute atomic E-state index is 0.0920. The van der Waals surface area contributed by atoms with Gasteiger partial charge in [0.25, 0.3) is 0 Å². The lowest BCUT2D eigenvalue weighted by atomic mass is 10.2. The van der Waals surface area contributed by atoms with Gasteiger partial charge in [-0.3, -0.25) is 4.79 Å². The van der Waals surface area contributed by atoms with Gasteiger partial charge in [-0.15, -0.1) is 5.10 Å². The first-order valence-corrected chi connectivity index (χ1v) is 4.91. The van der Waals surface area contributed by atoms with Crippen molar-refractivity contribution in [3.8, 4) is 0 Å². The van der Waals surface area contributed by atoms with Crippen LogP contribution in [0.2, 0.25) is 0 Å². The average molecular weight is 215 g/mol. The first-order chi connectivity index (χ1) is 7.09. The SMILES string of the molecule is CC.CC(C)C(=O)NCc1n[nH]c(=O)o1. The Morgan fingerprint density at radius 2 is 2.13 bits per heavy atom. The Kier molecular flexibility index (Phi) is 6.08. The summed E-state index contributed by atoms with van der Waals surface area (Å²) in [5.74, 6) is -0.635. The molecule has 6 nitrogen and oxygen atoms in total. The summed E-state index contributed by atoms with van der Waals surface area (Å²) in [6.07, 6.45) is 0. The van der Waals surface area contributed by atoms with Gasteiger partial charge in [0.15, 0.2) is 0 Å². The number of aromatic amines is 1. The highest BCUT2D eigenvalue weighted by Gasteiger charge is 2.07. The van der Waals surface area contributed by atoms with Gasteiger partial charge in [-0.25, -0.2) is 9.89 Å². The summed E-state index contributed by atoms with van der Waals surface area (Å²) in [4.78, 5) is 21.5. The summed E-state index contributed by atoms with van der Waals surface area (Å²) >= 11 is 0. The predicted molar refractivity (Wildman–Crippen MR) is 55.2 cm³/mol. The van der Waals surface area contributed by atoms with Gasteiger partial charge < -0.3 is 9.73 Å². The Morgan fingerprint density at radius 3 is 2.53 bits per heavy atom. The molecule has 86 valence electrons. The Bertz CT molecular complexity index is 340. The molecule has 0 aliphatic rings. The summed E-state index contributed by atoms with van der Waals surface area (Å²) in [5.41, 5.74) is 0. The number of rotatable bonds is 3. The van der Waals surface area contributed by atoms with Crippen molar-refractivity contribution in [1.29, 1.82) is 0 Å². The van der Waals surface area contributed by atoms with Crippen molar-refractivity contribution in [2.75, 3.05) is 0 Å². The van der Waals surface area contributed by atoms with Crippen molar-refractivity contribution >= 4 is 5.91 Å². The smallest absolute Gasteiger partial charge is 0.391 e. The maximum absolute atomic E-state index is 11.1. The first-order valence-electron chi connectivity index (χ1n) is 4.91. The highest BCUT2D eigenvalue weighted by molar-refractivity contribution is 5.77. The van der Waals surface area contributed by atoms with Gasteiger partial charge in [-0.05, 0) is 0 Å². The van der Waals surface area contributed by atoms with Crippen molar-refractivity contribution in [1.82, 2.24) is 15.5 Å². The Balaban J connectivity index is 0.000000921. The molecule has 6 heteroatoms. The second kappa shape index (κ2) is 6.80. The van der Waals surface area contributed by atoms with Crippen molar-refractivity contribution in [3.05, 3.63) is 16.4 Å². The van der Waals surface area contributed by atoms with Crippen molar-refractivity contribution < 1.29 is 9.21 Å². The fourth-order valence-electron chi connectivity index (χ4n) is 0.703. The molecule has 2 N–H and O–H groups in total. The Morgan fingerprint density at radius 1 is 1.53 bits per heavy atom. The zero-order valence-corrected chi connectivity index (χ0v) is 9.46. The van der Waals surface area contributed by atoms with Gasteiger partial charge in [0.1, 0.15) is 0 Å². The number of nitrogens with zero attached hydrogens (tertiary/aromatic N) is 1. The molecule has 1 rings (SSSR count). The van der Waals surface area contributed by atoms with Crippen LogP contribution < -0.4 is 11.1 Å². The fraction of sp³-hybridized carbons (Fsp3) is 0.667. The van der Waals surface area contributed by atoms with E-state index in [2.05, 4.69) is 19.9 Å². The largest absolute Gasteiger partial charge is 0.434 e. The van der Waals surface area contributed by atoms with Crippen LogP contribution in [0.4, 0.5) is 0 Å². The number of hydrogen-bond acceptors (Lipinski definition) is 4. The van der Waals surface area contributed by atoms with Gasteiger partial charge in [-0.2, -0.15) is 0 Å². The van der Waals surface area contributed by atoms with E-state index in [-0.39, 0.29) is 24.3 Å². The third-order valence-electron chi connectivity index (χ3n) is 1.42. The molecule has 0 aromatic carbocycles. The molecule has 0 saturated heterocycles. The van der Waals surface area contributed by atoms with Crippen LogP contribution in [0.15, 0.2) is 9.21 Å². The number of carbonyl (C=O) groups excluding carboxylic acids is 1. The van der Waals surface area contributed by atoms with E-state index in [4.69, 9.17) is 0 Å². The molecule has 0 spiro atoms. The molecule has 1 aromatic rings. The molecule has 0 aliphatic heterocycles. The van der Waals surface area contributed by atoms with Crippen LogP contribution in [0.1, 0.15) is 33.6 Å². The topological polar surface area (TPSA) is 88.0 Å². The Hall–Kier alpha value is -1.59. The average Bonchev–Trinajstić information content (AvgIpc) is 2.63. The maximum Gasteiger partial charge on any atom is 0.434 e. The zero-order valence-electron chi connectivity index (χ0n) is 9.46. The van der Waals surface area contributed by atoms with E-state index in [0.29, 0.717) is 0 Å². The number of aromatic nitrogens is 2. The summed E-state index contributed by atoms with van der Waals surface area (Å²) < 4.78 is 4.58. The summed E-state index contributed by atoms with van der Waals surface area (Å²) in [6.45, 7) is 7.68. The number of H-pyrrole nitrogens is 1. The van der Waals surface area contributed by atoms with E-state index in [1.54, 1.807) is 13.8 Å². The molecule has 0 aliphatic carbocycles.